The molecule has 0 bridgehead atoms. The fraction of sp³-hybridized carbons (Fsp3) is 0.204. The number of hydrogen-bond acceptors (Lipinski definition) is 10. The summed E-state index contributed by atoms with van der Waals surface area (Å²) < 4.78 is 59.6. The molecule has 0 aromatic heterocycles. The maximum atomic E-state index is 14.6. The van der Waals surface area contributed by atoms with E-state index < -0.39 is 40.1 Å². The van der Waals surface area contributed by atoms with Crippen molar-refractivity contribution in [1.29, 1.82) is 5.26 Å². The van der Waals surface area contributed by atoms with Crippen LogP contribution in [0, 0.1) is 11.3 Å². The van der Waals surface area contributed by atoms with Crippen LogP contribution in [-0.2, 0) is 50.3 Å². The highest BCUT2D eigenvalue weighted by molar-refractivity contribution is 7.89. The first-order chi connectivity index (χ1) is 30.9. The molecule has 2 heterocycles. The number of fused-ring (bicyclic) bond motifs is 2. The molecular weight excluding hydrogens is 878 g/mol. The van der Waals surface area contributed by atoms with Gasteiger partial charge in [0.15, 0.2) is 17.6 Å². The van der Waals surface area contributed by atoms with E-state index in [9.17, 15) is 18.0 Å². The molecule has 64 heavy (non-hydrogen) atoms. The average molecular weight is 919 g/mol. The third-order valence-electron chi connectivity index (χ3n) is 11.2. The zero-order chi connectivity index (χ0) is 45.0. The normalized spacial score (nSPS) is 16.1. The first-order valence-electron chi connectivity index (χ1n) is 20.2. The van der Waals surface area contributed by atoms with Gasteiger partial charge in [-0.05, 0) is 106 Å². The third kappa shape index (κ3) is 9.51. The van der Waals surface area contributed by atoms with Crippen LogP contribution in [0.3, 0.4) is 0 Å². The number of methoxy groups -OCH3 is 2. The van der Waals surface area contributed by atoms with Crippen molar-refractivity contribution in [1.82, 2.24) is 9.62 Å². The van der Waals surface area contributed by atoms with Crippen molar-refractivity contribution in [2.75, 3.05) is 20.8 Å². The predicted octanol–water partition coefficient (Wildman–Crippen LogP) is 8.65. The quantitative estimate of drug-likeness (QED) is 0.111. The lowest BCUT2D eigenvalue weighted by atomic mass is 9.93. The van der Waals surface area contributed by atoms with Gasteiger partial charge < -0.3 is 29.0 Å². The molecule has 3 atom stereocenters. The molecule has 1 amide bonds. The van der Waals surface area contributed by atoms with Crippen LogP contribution in [0.4, 0.5) is 0 Å². The molecule has 0 aliphatic carbocycles. The van der Waals surface area contributed by atoms with E-state index in [1.807, 2.05) is 66.7 Å². The van der Waals surface area contributed by atoms with Crippen LogP contribution in [-0.4, -0.2) is 57.5 Å². The molecule has 0 saturated carbocycles. The van der Waals surface area contributed by atoms with Gasteiger partial charge in [0, 0.05) is 13.0 Å². The number of para-hydroxylation sites is 1. The molecular formula is C49H41Cl2N3O9S. The van der Waals surface area contributed by atoms with E-state index in [2.05, 4.69) is 11.4 Å². The van der Waals surface area contributed by atoms with Gasteiger partial charge in [-0.2, -0.15) is 9.57 Å². The molecule has 12 nitrogen and oxygen atoms in total. The molecule has 0 spiro atoms. The van der Waals surface area contributed by atoms with E-state index in [4.69, 9.17) is 52.1 Å². The Hall–Kier alpha value is -6.56. The smallest absolute Gasteiger partial charge is 0.328 e. The van der Waals surface area contributed by atoms with Crippen LogP contribution in [0.15, 0.2) is 132 Å². The van der Waals surface area contributed by atoms with E-state index >= 15 is 0 Å². The van der Waals surface area contributed by atoms with Gasteiger partial charge in [-0.3, -0.25) is 4.79 Å². The number of esters is 1. The summed E-state index contributed by atoms with van der Waals surface area (Å²) in [5.41, 5.74) is 6.09. The second-order valence-electron chi connectivity index (χ2n) is 15.2. The van der Waals surface area contributed by atoms with E-state index in [1.54, 1.807) is 48.5 Å². The Balaban J connectivity index is 1.03. The third-order valence-corrected chi connectivity index (χ3v) is 13.8. The number of nitrogens with zero attached hydrogens (tertiary/aromatic N) is 2. The minimum absolute atomic E-state index is 0.0352. The van der Waals surface area contributed by atoms with Crippen molar-refractivity contribution in [2.45, 2.75) is 49.1 Å². The Morgan fingerprint density at radius 3 is 2.22 bits per heavy atom. The lowest BCUT2D eigenvalue weighted by Crippen LogP contribution is -2.56. The molecule has 0 radical (unpaired) electrons. The summed E-state index contributed by atoms with van der Waals surface area (Å²) in [5.74, 6) is 0.244. The summed E-state index contributed by atoms with van der Waals surface area (Å²) >= 11 is 12.2. The van der Waals surface area contributed by atoms with Crippen LogP contribution in [0.1, 0.15) is 39.5 Å². The molecule has 0 saturated heterocycles. The van der Waals surface area contributed by atoms with Gasteiger partial charge in [-0.25, -0.2) is 13.2 Å². The van der Waals surface area contributed by atoms with Gasteiger partial charge in [0.05, 0.1) is 35.9 Å². The Labute approximate surface area is 380 Å². The molecule has 1 N–H and O–H groups in total. The molecule has 8 rings (SSSR count). The summed E-state index contributed by atoms with van der Waals surface area (Å²) in [6, 6.07) is 36.8. The number of nitriles is 1. The zero-order valence-electron chi connectivity index (χ0n) is 34.6. The number of nitrogens with one attached hydrogen (secondary N) is 1. The summed E-state index contributed by atoms with van der Waals surface area (Å²) in [5, 5.41) is 12.9. The number of hydrogen-bond donors (Lipinski definition) is 1. The molecule has 1 unspecified atom stereocenters. The molecule has 2 aliphatic rings. The maximum absolute atomic E-state index is 14.6. The highest BCUT2D eigenvalue weighted by Gasteiger charge is 2.43. The number of ether oxygens (including phenoxy) is 5. The van der Waals surface area contributed by atoms with E-state index in [0.717, 1.165) is 32.1 Å². The monoisotopic (exact) mass is 917 g/mol. The standard InChI is InChI=1S/C49H41Cl2N3O9S/c1-59-43-5-3-4-6-47(43)64(57,58)54-27-37-25-45-44(62-29-46(63-45)35-16-18-38(19-17-35)61-28-32-11-20-39(50)40(51)21-32)24-36(37)23-42(54)48(55)53-41(49(56)60-2)22-30-7-12-33(13-8-30)34-14-9-31(26-52)10-15-34/h3-21,24-25,41-42,46H,22-23,27-29H2,1-2H3,(H,53,55)/t41-,42-,46?/m0/s1. The fourth-order valence-electron chi connectivity index (χ4n) is 7.71. The van der Waals surface area contributed by atoms with Gasteiger partial charge in [-0.15, -0.1) is 0 Å². The van der Waals surface area contributed by atoms with Gasteiger partial charge in [0.1, 0.15) is 41.7 Å². The molecule has 326 valence electrons. The first kappa shape index (κ1) is 44.1. The highest BCUT2D eigenvalue weighted by Crippen LogP contribution is 2.42. The predicted molar refractivity (Wildman–Crippen MR) is 240 cm³/mol. The lowest BCUT2D eigenvalue weighted by molar-refractivity contribution is -0.145. The fourth-order valence-corrected chi connectivity index (χ4v) is 9.75. The van der Waals surface area contributed by atoms with Crippen molar-refractivity contribution < 1.29 is 41.7 Å². The number of benzene rings is 6. The van der Waals surface area contributed by atoms with Crippen LogP contribution in [0.5, 0.6) is 23.0 Å². The van der Waals surface area contributed by atoms with Crippen molar-refractivity contribution in [2.24, 2.45) is 0 Å². The SMILES string of the molecule is COC(=O)[C@H](Cc1ccc(-c2ccc(C#N)cc2)cc1)NC(=O)[C@@H]1Cc2cc3c(cc2CN1S(=O)(=O)c1ccccc1OC)OC(c1ccc(OCc2ccc(Cl)c(Cl)c2)cc1)CO3. The van der Waals surface area contributed by atoms with E-state index in [1.165, 1.54) is 26.4 Å². The number of rotatable bonds is 13. The number of halogens is 2. The number of sulfonamides is 1. The first-order valence-corrected chi connectivity index (χ1v) is 22.4. The van der Waals surface area contributed by atoms with Crippen LogP contribution in [0.2, 0.25) is 10.0 Å². The minimum Gasteiger partial charge on any atom is -0.495 e. The second kappa shape index (κ2) is 19.0. The largest absolute Gasteiger partial charge is 0.495 e. The maximum Gasteiger partial charge on any atom is 0.328 e. The van der Waals surface area contributed by atoms with Crippen molar-refractivity contribution in [3.8, 4) is 40.2 Å². The minimum atomic E-state index is -4.39. The molecule has 6 aromatic rings. The molecule has 15 heteroatoms. The van der Waals surface area contributed by atoms with Crippen LogP contribution < -0.4 is 24.3 Å². The van der Waals surface area contributed by atoms with Crippen molar-refractivity contribution in [3.05, 3.63) is 171 Å². The van der Waals surface area contributed by atoms with Gasteiger partial charge >= 0.3 is 5.97 Å². The summed E-state index contributed by atoms with van der Waals surface area (Å²) in [6.07, 6.45) is -0.442. The zero-order valence-corrected chi connectivity index (χ0v) is 37.0. The van der Waals surface area contributed by atoms with E-state index in [-0.39, 0.29) is 36.6 Å². The second-order valence-corrected chi connectivity index (χ2v) is 17.9. The average Bonchev–Trinajstić information content (AvgIpc) is 3.33. The molecule has 0 fully saturated rings. The topological polar surface area (TPSA) is 153 Å². The highest BCUT2D eigenvalue weighted by atomic mass is 35.5. The van der Waals surface area contributed by atoms with Crippen molar-refractivity contribution >= 4 is 45.1 Å². The lowest BCUT2D eigenvalue weighted by Gasteiger charge is -2.37. The summed E-state index contributed by atoms with van der Waals surface area (Å²) in [7, 11) is -1.78. The Morgan fingerprint density at radius 1 is 0.844 bits per heavy atom. The van der Waals surface area contributed by atoms with Crippen LogP contribution in [0.25, 0.3) is 11.1 Å². The number of amides is 1. The summed E-state index contributed by atoms with van der Waals surface area (Å²) in [4.78, 5) is 27.6. The molecule has 2 aliphatic heterocycles. The Morgan fingerprint density at radius 2 is 1.53 bits per heavy atom. The van der Waals surface area contributed by atoms with Gasteiger partial charge in [0.2, 0.25) is 15.9 Å². The van der Waals surface area contributed by atoms with E-state index in [0.29, 0.717) is 50.6 Å². The number of carbonyl (C=O) groups is 2. The van der Waals surface area contributed by atoms with Gasteiger partial charge in [-0.1, -0.05) is 89.9 Å². The number of carbonyl (C=O) groups excluding carboxylic acids is 2. The Bertz CT molecular complexity index is 2850. The van der Waals surface area contributed by atoms with Crippen LogP contribution >= 0.6 is 23.2 Å². The molecule has 6 aromatic carbocycles. The Kier molecular flexibility index (Phi) is 13.1. The summed E-state index contributed by atoms with van der Waals surface area (Å²) in [6.45, 7) is 0.301. The van der Waals surface area contributed by atoms with Crippen molar-refractivity contribution in [3.63, 3.8) is 0 Å². The van der Waals surface area contributed by atoms with Gasteiger partial charge in [0.25, 0.3) is 0 Å².